The van der Waals surface area contributed by atoms with E-state index in [0.29, 0.717) is 11.1 Å². The molecular formula is C13H20Cl2N4O. The van der Waals surface area contributed by atoms with E-state index in [9.17, 15) is 4.79 Å². The van der Waals surface area contributed by atoms with Crippen molar-refractivity contribution in [2.45, 2.75) is 19.8 Å². The third kappa shape index (κ3) is 3.22. The lowest BCUT2D eigenvalue weighted by atomic mass is 9.87. The van der Waals surface area contributed by atoms with Crippen molar-refractivity contribution < 1.29 is 4.79 Å². The zero-order valence-corrected chi connectivity index (χ0v) is 13.1. The molecule has 112 valence electrons. The molecule has 0 aromatic carbocycles. The molecule has 1 atom stereocenters. The predicted octanol–water partition coefficient (Wildman–Crippen LogP) is 1.45. The van der Waals surface area contributed by atoms with E-state index < -0.39 is 0 Å². The summed E-state index contributed by atoms with van der Waals surface area (Å²) < 4.78 is 0. The van der Waals surface area contributed by atoms with Crippen LogP contribution in [0.15, 0.2) is 12.4 Å². The fourth-order valence-corrected chi connectivity index (χ4v) is 2.92. The highest BCUT2D eigenvalue weighted by atomic mass is 35.5. The monoisotopic (exact) mass is 318 g/mol. The van der Waals surface area contributed by atoms with E-state index in [2.05, 4.69) is 15.3 Å². The smallest absolute Gasteiger partial charge is 0.274 e. The molecule has 3 heterocycles. The Morgan fingerprint density at radius 3 is 2.70 bits per heavy atom. The van der Waals surface area contributed by atoms with Crippen LogP contribution in [0.2, 0.25) is 0 Å². The molecule has 1 spiro atoms. The molecule has 2 fully saturated rings. The third-order valence-corrected chi connectivity index (χ3v) is 4.06. The van der Waals surface area contributed by atoms with Crippen molar-refractivity contribution in [1.29, 1.82) is 0 Å². The maximum absolute atomic E-state index is 12.3. The van der Waals surface area contributed by atoms with Crippen LogP contribution >= 0.6 is 24.8 Å². The molecule has 2 aliphatic rings. The van der Waals surface area contributed by atoms with Crippen LogP contribution in [0.4, 0.5) is 0 Å². The van der Waals surface area contributed by atoms with Crippen molar-refractivity contribution >= 4 is 30.7 Å². The van der Waals surface area contributed by atoms with Gasteiger partial charge < -0.3 is 10.2 Å². The molecule has 5 nitrogen and oxygen atoms in total. The molecule has 1 aromatic rings. The largest absolute Gasteiger partial charge is 0.337 e. The minimum absolute atomic E-state index is 0. The van der Waals surface area contributed by atoms with Gasteiger partial charge in [-0.15, -0.1) is 24.8 Å². The van der Waals surface area contributed by atoms with E-state index in [1.807, 2.05) is 11.8 Å². The Kier molecular flexibility index (Phi) is 5.74. The quantitative estimate of drug-likeness (QED) is 0.851. The summed E-state index contributed by atoms with van der Waals surface area (Å²) in [5.74, 6) is 0.0197. The number of hydrogen-bond acceptors (Lipinski definition) is 4. The summed E-state index contributed by atoms with van der Waals surface area (Å²) in [7, 11) is 0. The number of nitrogens with zero attached hydrogens (tertiary/aromatic N) is 3. The molecule has 2 saturated heterocycles. The summed E-state index contributed by atoms with van der Waals surface area (Å²) in [6.45, 7) is 5.68. The number of aromatic nitrogens is 2. The molecule has 0 radical (unpaired) electrons. The van der Waals surface area contributed by atoms with E-state index in [1.54, 1.807) is 12.4 Å². The highest BCUT2D eigenvalue weighted by Crippen LogP contribution is 2.36. The summed E-state index contributed by atoms with van der Waals surface area (Å²) >= 11 is 0. The number of hydrogen-bond donors (Lipinski definition) is 1. The van der Waals surface area contributed by atoms with Gasteiger partial charge in [0, 0.05) is 31.2 Å². The highest BCUT2D eigenvalue weighted by Gasteiger charge is 2.42. The summed E-state index contributed by atoms with van der Waals surface area (Å²) in [5.41, 5.74) is 1.61. The molecule has 0 saturated carbocycles. The summed E-state index contributed by atoms with van der Waals surface area (Å²) in [5, 5.41) is 3.40. The van der Waals surface area contributed by atoms with Gasteiger partial charge in [-0.25, -0.2) is 4.98 Å². The number of amides is 1. The Morgan fingerprint density at radius 2 is 2.10 bits per heavy atom. The third-order valence-electron chi connectivity index (χ3n) is 4.06. The fourth-order valence-electron chi connectivity index (χ4n) is 2.92. The van der Waals surface area contributed by atoms with Crippen LogP contribution < -0.4 is 5.32 Å². The van der Waals surface area contributed by atoms with Crippen molar-refractivity contribution in [3.8, 4) is 0 Å². The number of halogens is 2. The maximum atomic E-state index is 12.3. The molecule has 20 heavy (non-hydrogen) atoms. The van der Waals surface area contributed by atoms with Crippen molar-refractivity contribution in [3.05, 3.63) is 23.8 Å². The van der Waals surface area contributed by atoms with Gasteiger partial charge in [0.15, 0.2) is 0 Å². The first-order valence-electron chi connectivity index (χ1n) is 6.47. The zero-order chi connectivity index (χ0) is 12.6. The first-order valence-corrected chi connectivity index (χ1v) is 6.47. The first-order chi connectivity index (χ1) is 8.69. The number of likely N-dealkylation sites (tertiary alicyclic amines) is 1. The fraction of sp³-hybridized carbons (Fsp3) is 0.615. The average molecular weight is 319 g/mol. The van der Waals surface area contributed by atoms with Crippen molar-refractivity contribution in [3.63, 3.8) is 0 Å². The molecule has 3 rings (SSSR count). The Bertz CT molecular complexity index is 460. The lowest BCUT2D eigenvalue weighted by Gasteiger charge is -2.22. The van der Waals surface area contributed by atoms with Crippen molar-refractivity contribution in [2.75, 3.05) is 26.2 Å². The molecule has 1 N–H and O–H groups in total. The number of carbonyl (C=O) groups excluding carboxylic acids is 1. The SMILES string of the molecule is Cc1cnc(C(=O)N2CCC3(CCNC3)C2)cn1.Cl.Cl. The van der Waals surface area contributed by atoms with E-state index in [-0.39, 0.29) is 30.7 Å². The van der Waals surface area contributed by atoms with E-state index in [4.69, 9.17) is 0 Å². The Balaban J connectivity index is 0.000001000. The molecule has 7 heteroatoms. The Labute approximate surface area is 131 Å². The topological polar surface area (TPSA) is 58.1 Å². The van der Waals surface area contributed by atoms with E-state index in [0.717, 1.165) is 38.3 Å². The lowest BCUT2D eigenvalue weighted by molar-refractivity contribution is 0.0769. The van der Waals surface area contributed by atoms with Crippen LogP contribution in [0, 0.1) is 12.3 Å². The van der Waals surface area contributed by atoms with Gasteiger partial charge >= 0.3 is 0 Å². The normalized spacial score (nSPS) is 24.4. The number of carbonyl (C=O) groups is 1. The second kappa shape index (κ2) is 6.70. The van der Waals surface area contributed by atoms with Gasteiger partial charge in [0.25, 0.3) is 5.91 Å². The first kappa shape index (κ1) is 17.1. The van der Waals surface area contributed by atoms with Gasteiger partial charge in [0.05, 0.1) is 11.9 Å². The van der Waals surface area contributed by atoms with Crippen LogP contribution in [-0.2, 0) is 0 Å². The minimum atomic E-state index is 0. The molecule has 1 unspecified atom stereocenters. The highest BCUT2D eigenvalue weighted by molar-refractivity contribution is 5.92. The summed E-state index contributed by atoms with van der Waals surface area (Å²) in [4.78, 5) is 22.5. The molecule has 0 aliphatic carbocycles. The Morgan fingerprint density at radius 1 is 1.30 bits per heavy atom. The standard InChI is InChI=1S/C13H18N4O.2ClH/c1-10-6-16-11(7-15-10)12(18)17-5-3-13(9-17)2-4-14-8-13;;/h6-7,14H,2-5,8-9H2,1H3;2*1H. The van der Waals surface area contributed by atoms with Gasteiger partial charge in [-0.1, -0.05) is 0 Å². The maximum Gasteiger partial charge on any atom is 0.274 e. The van der Waals surface area contributed by atoms with Crippen LogP contribution in [0.1, 0.15) is 29.0 Å². The molecular weight excluding hydrogens is 299 g/mol. The second-order valence-corrected chi connectivity index (χ2v) is 5.45. The van der Waals surface area contributed by atoms with E-state index in [1.165, 1.54) is 6.42 Å². The predicted molar refractivity (Wildman–Crippen MR) is 81.7 cm³/mol. The van der Waals surface area contributed by atoms with Crippen molar-refractivity contribution in [1.82, 2.24) is 20.2 Å². The van der Waals surface area contributed by atoms with Gasteiger partial charge in [-0.3, -0.25) is 9.78 Å². The van der Waals surface area contributed by atoms with Crippen molar-refractivity contribution in [2.24, 2.45) is 5.41 Å². The minimum Gasteiger partial charge on any atom is -0.337 e. The van der Waals surface area contributed by atoms with Crippen LogP contribution in [0.5, 0.6) is 0 Å². The van der Waals surface area contributed by atoms with Crippen LogP contribution in [-0.4, -0.2) is 47.0 Å². The van der Waals surface area contributed by atoms with Crippen LogP contribution in [0.25, 0.3) is 0 Å². The van der Waals surface area contributed by atoms with Gasteiger partial charge in [0.2, 0.25) is 0 Å². The van der Waals surface area contributed by atoms with Gasteiger partial charge in [-0.2, -0.15) is 0 Å². The van der Waals surface area contributed by atoms with Crippen LogP contribution in [0.3, 0.4) is 0 Å². The second-order valence-electron chi connectivity index (χ2n) is 5.45. The summed E-state index contributed by atoms with van der Waals surface area (Å²) in [6.07, 6.45) is 5.51. The molecule has 0 bridgehead atoms. The lowest BCUT2D eigenvalue weighted by Crippen LogP contribution is -2.33. The van der Waals surface area contributed by atoms with Gasteiger partial charge in [-0.05, 0) is 26.3 Å². The average Bonchev–Trinajstić information content (AvgIpc) is 3.01. The van der Waals surface area contributed by atoms with E-state index >= 15 is 0 Å². The summed E-state index contributed by atoms with van der Waals surface area (Å²) in [6, 6.07) is 0. The number of nitrogens with one attached hydrogen (secondary N) is 1. The molecule has 1 amide bonds. The Hall–Kier alpha value is -0.910. The zero-order valence-electron chi connectivity index (χ0n) is 11.5. The molecule has 1 aromatic heterocycles. The number of aryl methyl sites for hydroxylation is 1. The number of rotatable bonds is 1. The molecule has 2 aliphatic heterocycles. The van der Waals surface area contributed by atoms with Gasteiger partial charge in [0.1, 0.15) is 5.69 Å².